The number of methoxy groups -OCH3 is 2. The van der Waals surface area contributed by atoms with E-state index in [1.54, 1.807) is 26.4 Å². The Labute approximate surface area is 179 Å². The zero-order valence-corrected chi connectivity index (χ0v) is 18.4. The van der Waals surface area contributed by atoms with Crippen molar-refractivity contribution in [3.05, 3.63) is 105 Å². The van der Waals surface area contributed by atoms with Crippen LogP contribution in [-0.4, -0.2) is 25.7 Å². The van der Waals surface area contributed by atoms with E-state index in [0.717, 1.165) is 34.5 Å². The van der Waals surface area contributed by atoms with Crippen LogP contribution in [0.5, 0.6) is 0 Å². The van der Waals surface area contributed by atoms with Crippen LogP contribution < -0.4 is 0 Å². The minimum Gasteiger partial charge on any atom is -0.501 e. The van der Waals surface area contributed by atoms with Gasteiger partial charge in [0.05, 0.1) is 24.4 Å². The first-order valence-electron chi connectivity index (χ1n) is 9.84. The Morgan fingerprint density at radius 2 is 1.80 bits per heavy atom. The highest BCUT2D eigenvalue weighted by Crippen LogP contribution is 2.27. The van der Waals surface area contributed by atoms with E-state index in [-0.39, 0.29) is 5.69 Å². The topological polar surface area (TPSA) is 61.6 Å². The molecule has 0 amide bonds. The van der Waals surface area contributed by atoms with Gasteiger partial charge in [0.25, 0.3) is 5.69 Å². The van der Waals surface area contributed by atoms with E-state index in [9.17, 15) is 10.1 Å². The number of hydrogen-bond acceptors (Lipinski definition) is 4. The lowest BCUT2D eigenvalue weighted by Crippen LogP contribution is -1.94. The maximum absolute atomic E-state index is 11.0. The summed E-state index contributed by atoms with van der Waals surface area (Å²) in [5, 5.41) is 11.0. The van der Waals surface area contributed by atoms with E-state index < -0.39 is 4.92 Å². The van der Waals surface area contributed by atoms with Gasteiger partial charge in [-0.25, -0.2) is 0 Å². The SMILES string of the molecule is C\C=C/C(=C\C=C(/C)OC)C(=C\c1ccc([N+](=O)[O-])cc1)/C(/C=C\COC)=C/CC. The quantitative estimate of drug-likeness (QED) is 0.179. The van der Waals surface area contributed by atoms with Crippen LogP contribution in [-0.2, 0) is 9.47 Å². The van der Waals surface area contributed by atoms with Crippen LogP contribution in [0, 0.1) is 10.1 Å². The number of nitrogens with zero attached hydrogens (tertiary/aromatic N) is 1. The van der Waals surface area contributed by atoms with Gasteiger partial charge in [-0.1, -0.05) is 43.4 Å². The molecule has 30 heavy (non-hydrogen) atoms. The van der Waals surface area contributed by atoms with Crippen molar-refractivity contribution < 1.29 is 14.4 Å². The molecule has 1 aromatic rings. The lowest BCUT2D eigenvalue weighted by atomic mass is 9.93. The van der Waals surface area contributed by atoms with Gasteiger partial charge in [0.1, 0.15) is 0 Å². The molecule has 1 aromatic carbocycles. The maximum Gasteiger partial charge on any atom is 0.269 e. The van der Waals surface area contributed by atoms with E-state index in [0.29, 0.717) is 6.61 Å². The highest BCUT2D eigenvalue weighted by atomic mass is 16.6. The van der Waals surface area contributed by atoms with Gasteiger partial charge in [-0.3, -0.25) is 10.1 Å². The van der Waals surface area contributed by atoms with Crippen LogP contribution in [0.3, 0.4) is 0 Å². The van der Waals surface area contributed by atoms with E-state index in [1.165, 1.54) is 12.1 Å². The molecule has 0 saturated heterocycles. The van der Waals surface area contributed by atoms with Crippen LogP contribution in [0.25, 0.3) is 6.08 Å². The van der Waals surface area contributed by atoms with Crippen LogP contribution in [0.1, 0.15) is 32.8 Å². The molecule has 1 rings (SSSR count). The minimum absolute atomic E-state index is 0.0703. The zero-order chi connectivity index (χ0) is 22.4. The first kappa shape index (κ1) is 24.9. The van der Waals surface area contributed by atoms with Crippen molar-refractivity contribution in [2.45, 2.75) is 27.2 Å². The number of allylic oxidation sites excluding steroid dienone is 10. The molecule has 5 nitrogen and oxygen atoms in total. The fourth-order valence-electron chi connectivity index (χ4n) is 2.64. The van der Waals surface area contributed by atoms with Gasteiger partial charge in [-0.2, -0.15) is 0 Å². The highest BCUT2D eigenvalue weighted by Gasteiger charge is 2.09. The third kappa shape index (κ3) is 8.45. The van der Waals surface area contributed by atoms with Crippen molar-refractivity contribution in [1.29, 1.82) is 0 Å². The first-order valence-corrected chi connectivity index (χ1v) is 9.84. The molecule has 0 radical (unpaired) electrons. The molecule has 0 aromatic heterocycles. The monoisotopic (exact) mass is 409 g/mol. The fourth-order valence-corrected chi connectivity index (χ4v) is 2.64. The molecule has 5 heteroatoms. The second-order valence-electron chi connectivity index (χ2n) is 6.44. The smallest absolute Gasteiger partial charge is 0.269 e. The molecule has 0 atom stereocenters. The normalized spacial score (nSPS) is 14.0. The predicted octanol–water partition coefficient (Wildman–Crippen LogP) is 6.57. The summed E-state index contributed by atoms with van der Waals surface area (Å²) >= 11 is 0. The van der Waals surface area contributed by atoms with Gasteiger partial charge in [0, 0.05) is 19.2 Å². The first-order chi connectivity index (χ1) is 14.5. The number of rotatable bonds is 11. The summed E-state index contributed by atoms with van der Waals surface area (Å²) in [5.74, 6) is 0.794. The third-order valence-corrected chi connectivity index (χ3v) is 4.19. The number of non-ortho nitro benzene ring substituents is 1. The molecule has 0 aliphatic carbocycles. The van der Waals surface area contributed by atoms with Crippen LogP contribution in [0.2, 0.25) is 0 Å². The number of nitro benzene ring substituents is 1. The number of benzene rings is 1. The standard InChI is InChI=1S/C25H31NO4/c1-6-9-22(11-8-18-29-4)25(23(10-7-2)15-12-20(3)30-5)19-21-13-16-24(17-14-21)26(27)28/h7-17,19H,6,18H2,1-5H3/b10-7-,11-8-,20-12+,22-9+,23-15+,25-19-. The molecule has 0 spiro atoms. The third-order valence-electron chi connectivity index (χ3n) is 4.19. The Kier molecular flexibility index (Phi) is 11.5. The zero-order valence-electron chi connectivity index (χ0n) is 18.4. The maximum atomic E-state index is 11.0. The lowest BCUT2D eigenvalue weighted by molar-refractivity contribution is -0.384. The van der Waals surface area contributed by atoms with Crippen LogP contribution >= 0.6 is 0 Å². The average Bonchev–Trinajstić information content (AvgIpc) is 2.74. The second-order valence-corrected chi connectivity index (χ2v) is 6.44. The van der Waals surface area contributed by atoms with Crippen molar-refractivity contribution >= 4 is 11.8 Å². The van der Waals surface area contributed by atoms with Gasteiger partial charge in [0.2, 0.25) is 0 Å². The molecule has 160 valence electrons. The lowest BCUT2D eigenvalue weighted by Gasteiger charge is -2.12. The molecule has 0 fully saturated rings. The number of ether oxygens (including phenoxy) is 2. The summed E-state index contributed by atoms with van der Waals surface area (Å²) in [6.07, 6.45) is 17.0. The average molecular weight is 410 g/mol. The summed E-state index contributed by atoms with van der Waals surface area (Å²) in [7, 11) is 3.29. The minimum atomic E-state index is -0.395. The van der Waals surface area contributed by atoms with E-state index in [4.69, 9.17) is 9.47 Å². The van der Waals surface area contributed by atoms with E-state index in [2.05, 4.69) is 13.0 Å². The van der Waals surface area contributed by atoms with Gasteiger partial charge < -0.3 is 9.47 Å². The van der Waals surface area contributed by atoms with E-state index in [1.807, 2.05) is 56.4 Å². The molecule has 0 aliphatic heterocycles. The Bertz CT molecular complexity index is 869. The molecule has 0 unspecified atom stereocenters. The van der Waals surface area contributed by atoms with Gasteiger partial charge in [0.15, 0.2) is 0 Å². The largest absolute Gasteiger partial charge is 0.501 e. The molecule has 0 aliphatic rings. The van der Waals surface area contributed by atoms with Crippen molar-refractivity contribution in [1.82, 2.24) is 0 Å². The Morgan fingerprint density at radius 1 is 1.10 bits per heavy atom. The predicted molar refractivity (Wildman–Crippen MR) is 124 cm³/mol. The van der Waals surface area contributed by atoms with Gasteiger partial charge in [-0.15, -0.1) is 0 Å². The Morgan fingerprint density at radius 3 is 2.33 bits per heavy atom. The summed E-state index contributed by atoms with van der Waals surface area (Å²) in [4.78, 5) is 10.6. The Balaban J connectivity index is 3.62. The molecular formula is C25H31NO4. The van der Waals surface area contributed by atoms with Gasteiger partial charge >= 0.3 is 0 Å². The molecule has 0 N–H and O–H groups in total. The molecule has 0 saturated carbocycles. The van der Waals surface area contributed by atoms with Gasteiger partial charge in [-0.05, 0) is 66.8 Å². The Hall–Kier alpha value is -3.18. The van der Waals surface area contributed by atoms with Crippen LogP contribution in [0.15, 0.2) is 89.3 Å². The van der Waals surface area contributed by atoms with Crippen molar-refractivity contribution in [3.63, 3.8) is 0 Å². The number of hydrogen-bond donors (Lipinski definition) is 0. The summed E-state index contributed by atoms with van der Waals surface area (Å²) < 4.78 is 10.4. The molecule has 0 heterocycles. The molecular weight excluding hydrogens is 378 g/mol. The van der Waals surface area contributed by atoms with Crippen molar-refractivity contribution in [3.8, 4) is 0 Å². The summed E-state index contributed by atoms with van der Waals surface area (Å²) in [6.45, 7) is 6.46. The fraction of sp³-hybridized carbons (Fsp3) is 0.280. The van der Waals surface area contributed by atoms with Crippen molar-refractivity contribution in [2.24, 2.45) is 0 Å². The van der Waals surface area contributed by atoms with Crippen LogP contribution in [0.4, 0.5) is 5.69 Å². The summed E-state index contributed by atoms with van der Waals surface area (Å²) in [6, 6.07) is 6.54. The number of nitro groups is 1. The summed E-state index contributed by atoms with van der Waals surface area (Å²) in [5.41, 5.74) is 3.98. The van der Waals surface area contributed by atoms with E-state index >= 15 is 0 Å². The van der Waals surface area contributed by atoms with Crippen molar-refractivity contribution in [2.75, 3.05) is 20.8 Å². The second kappa shape index (κ2) is 13.9. The highest BCUT2D eigenvalue weighted by molar-refractivity contribution is 5.70. The molecule has 0 bridgehead atoms.